The minimum atomic E-state index is -0.193. The monoisotopic (exact) mass is 257 g/mol. The summed E-state index contributed by atoms with van der Waals surface area (Å²) >= 11 is 0. The Hall–Kier alpha value is -2.19. The Morgan fingerprint density at radius 1 is 1.47 bits per heavy atom. The van der Waals surface area contributed by atoms with Crippen molar-refractivity contribution in [3.05, 3.63) is 35.2 Å². The molecule has 0 amide bonds. The van der Waals surface area contributed by atoms with Crippen LogP contribution in [0.25, 0.3) is 11.5 Å². The molecule has 1 aromatic heterocycles. The second-order valence-corrected chi connectivity index (χ2v) is 4.20. The van der Waals surface area contributed by atoms with Crippen LogP contribution >= 0.6 is 0 Å². The summed E-state index contributed by atoms with van der Waals surface area (Å²) in [4.78, 5) is 4.33. The number of nitriles is 1. The molecule has 1 aromatic carbocycles. The first-order valence-electron chi connectivity index (χ1n) is 6.12. The second kappa shape index (κ2) is 5.63. The zero-order valence-corrected chi connectivity index (χ0v) is 11.2. The smallest absolute Gasteiger partial charge is 0.258 e. The average molecular weight is 257 g/mol. The highest BCUT2D eigenvalue weighted by Gasteiger charge is 2.16. The lowest BCUT2D eigenvalue weighted by Gasteiger charge is -2.05. The van der Waals surface area contributed by atoms with Gasteiger partial charge in [0.25, 0.3) is 5.89 Å². The van der Waals surface area contributed by atoms with Crippen molar-refractivity contribution in [1.29, 1.82) is 5.26 Å². The molecule has 0 aliphatic carbocycles. The second-order valence-electron chi connectivity index (χ2n) is 4.20. The Kier molecular flexibility index (Phi) is 3.93. The molecule has 0 bridgehead atoms. The lowest BCUT2D eigenvalue weighted by molar-refractivity contribution is 0.0683. The SMILES string of the molecule is CCOC(C)c1noc(-c2ccc(C#N)cc2C)n1. The van der Waals surface area contributed by atoms with Crippen molar-refractivity contribution in [3.8, 4) is 17.5 Å². The predicted octanol–water partition coefficient (Wildman–Crippen LogP) is 3.01. The highest BCUT2D eigenvalue weighted by molar-refractivity contribution is 5.60. The molecule has 1 heterocycles. The Morgan fingerprint density at radius 2 is 2.26 bits per heavy atom. The Morgan fingerprint density at radius 3 is 2.89 bits per heavy atom. The van der Waals surface area contributed by atoms with Gasteiger partial charge in [-0.15, -0.1) is 0 Å². The van der Waals surface area contributed by atoms with Crippen LogP contribution in [0.3, 0.4) is 0 Å². The topological polar surface area (TPSA) is 71.9 Å². The standard InChI is InChI=1S/C14H15N3O2/c1-4-18-10(3)13-16-14(19-17-13)12-6-5-11(8-15)7-9(12)2/h5-7,10H,4H2,1-3H3. The Bertz CT molecular complexity index is 613. The van der Waals surface area contributed by atoms with Crippen molar-refractivity contribution in [1.82, 2.24) is 10.1 Å². The molecule has 0 aliphatic rings. The molecule has 1 atom stereocenters. The van der Waals surface area contributed by atoms with Gasteiger partial charge in [-0.1, -0.05) is 5.16 Å². The van der Waals surface area contributed by atoms with Crippen molar-refractivity contribution in [3.63, 3.8) is 0 Å². The van der Waals surface area contributed by atoms with E-state index in [1.807, 2.05) is 26.8 Å². The summed E-state index contributed by atoms with van der Waals surface area (Å²) in [5, 5.41) is 12.8. The molecule has 0 fully saturated rings. The van der Waals surface area contributed by atoms with E-state index >= 15 is 0 Å². The van der Waals surface area contributed by atoms with Crippen LogP contribution in [0.4, 0.5) is 0 Å². The Labute approximate surface area is 111 Å². The lowest BCUT2D eigenvalue weighted by Crippen LogP contribution is -2.01. The third-order valence-electron chi connectivity index (χ3n) is 2.81. The lowest BCUT2D eigenvalue weighted by atomic mass is 10.1. The van der Waals surface area contributed by atoms with Crippen molar-refractivity contribution in [2.75, 3.05) is 6.61 Å². The Balaban J connectivity index is 2.31. The van der Waals surface area contributed by atoms with Crippen LogP contribution in [0.2, 0.25) is 0 Å². The molecule has 5 nitrogen and oxygen atoms in total. The van der Waals surface area contributed by atoms with Crippen molar-refractivity contribution in [2.45, 2.75) is 26.9 Å². The molecule has 5 heteroatoms. The predicted molar refractivity (Wildman–Crippen MR) is 69.2 cm³/mol. The summed E-state index contributed by atoms with van der Waals surface area (Å²) in [6.45, 7) is 6.30. The van der Waals surface area contributed by atoms with Crippen LogP contribution in [0.5, 0.6) is 0 Å². The van der Waals surface area contributed by atoms with E-state index in [4.69, 9.17) is 14.5 Å². The fourth-order valence-corrected chi connectivity index (χ4v) is 1.81. The zero-order chi connectivity index (χ0) is 13.8. The number of rotatable bonds is 4. The quantitative estimate of drug-likeness (QED) is 0.841. The number of hydrogen-bond donors (Lipinski definition) is 0. The van der Waals surface area contributed by atoms with Crippen LogP contribution in [0.1, 0.15) is 36.9 Å². The third-order valence-corrected chi connectivity index (χ3v) is 2.81. The molecular formula is C14H15N3O2. The van der Waals surface area contributed by atoms with Gasteiger partial charge in [-0.3, -0.25) is 0 Å². The normalized spacial score (nSPS) is 12.1. The van der Waals surface area contributed by atoms with Crippen LogP contribution in [-0.4, -0.2) is 16.7 Å². The number of aryl methyl sites for hydroxylation is 1. The number of ether oxygens (including phenoxy) is 1. The molecule has 0 spiro atoms. The van der Waals surface area contributed by atoms with Gasteiger partial charge in [0.15, 0.2) is 0 Å². The van der Waals surface area contributed by atoms with Crippen molar-refractivity contribution < 1.29 is 9.26 Å². The van der Waals surface area contributed by atoms with Gasteiger partial charge in [-0.25, -0.2) is 0 Å². The number of benzene rings is 1. The molecule has 0 saturated heterocycles. The molecule has 0 radical (unpaired) electrons. The van der Waals surface area contributed by atoms with Crippen LogP contribution in [0.15, 0.2) is 22.7 Å². The van der Waals surface area contributed by atoms with E-state index in [0.29, 0.717) is 23.9 Å². The highest BCUT2D eigenvalue weighted by Crippen LogP contribution is 2.24. The van der Waals surface area contributed by atoms with Gasteiger partial charge >= 0.3 is 0 Å². The van der Waals surface area contributed by atoms with Crippen LogP contribution < -0.4 is 0 Å². The molecule has 0 aliphatic heterocycles. The van der Waals surface area contributed by atoms with E-state index in [-0.39, 0.29) is 6.10 Å². The maximum Gasteiger partial charge on any atom is 0.258 e. The van der Waals surface area contributed by atoms with Gasteiger partial charge in [-0.2, -0.15) is 10.2 Å². The fourth-order valence-electron chi connectivity index (χ4n) is 1.81. The minimum Gasteiger partial charge on any atom is -0.371 e. The summed E-state index contributed by atoms with van der Waals surface area (Å²) in [6, 6.07) is 7.45. The van der Waals surface area contributed by atoms with Crippen LogP contribution in [0, 0.1) is 18.3 Å². The first-order chi connectivity index (χ1) is 9.15. The summed E-state index contributed by atoms with van der Waals surface area (Å²) in [5.74, 6) is 0.976. The van der Waals surface area contributed by atoms with E-state index < -0.39 is 0 Å². The van der Waals surface area contributed by atoms with Gasteiger partial charge in [0.05, 0.1) is 11.6 Å². The number of aromatic nitrogens is 2. The summed E-state index contributed by atoms with van der Waals surface area (Å²) in [7, 11) is 0. The van der Waals surface area contributed by atoms with E-state index in [0.717, 1.165) is 11.1 Å². The first-order valence-corrected chi connectivity index (χ1v) is 6.12. The molecule has 19 heavy (non-hydrogen) atoms. The molecule has 0 N–H and O–H groups in total. The van der Waals surface area contributed by atoms with Crippen molar-refractivity contribution >= 4 is 0 Å². The minimum absolute atomic E-state index is 0.193. The maximum atomic E-state index is 8.84. The summed E-state index contributed by atoms with van der Waals surface area (Å²) < 4.78 is 10.7. The van der Waals surface area contributed by atoms with Crippen molar-refractivity contribution in [2.24, 2.45) is 0 Å². The van der Waals surface area contributed by atoms with Gasteiger partial charge in [-0.05, 0) is 44.5 Å². The number of hydrogen-bond acceptors (Lipinski definition) is 5. The number of nitrogens with zero attached hydrogens (tertiary/aromatic N) is 3. The maximum absolute atomic E-state index is 8.84. The van der Waals surface area contributed by atoms with E-state index in [9.17, 15) is 0 Å². The molecule has 98 valence electrons. The van der Waals surface area contributed by atoms with E-state index in [2.05, 4.69) is 16.2 Å². The largest absolute Gasteiger partial charge is 0.371 e. The van der Waals surface area contributed by atoms with Gasteiger partial charge in [0.2, 0.25) is 5.82 Å². The molecule has 1 unspecified atom stereocenters. The summed E-state index contributed by atoms with van der Waals surface area (Å²) in [6.07, 6.45) is -0.193. The highest BCUT2D eigenvalue weighted by atomic mass is 16.5. The van der Waals surface area contributed by atoms with E-state index in [1.165, 1.54) is 0 Å². The molecule has 2 aromatic rings. The molecule has 2 rings (SSSR count). The van der Waals surface area contributed by atoms with Gasteiger partial charge < -0.3 is 9.26 Å². The zero-order valence-electron chi connectivity index (χ0n) is 11.2. The molecule has 0 saturated carbocycles. The van der Waals surface area contributed by atoms with Crippen LogP contribution in [-0.2, 0) is 4.74 Å². The average Bonchev–Trinajstić information content (AvgIpc) is 2.88. The fraction of sp³-hybridized carbons (Fsp3) is 0.357. The first kappa shape index (κ1) is 13.2. The molecular weight excluding hydrogens is 242 g/mol. The van der Waals surface area contributed by atoms with Gasteiger partial charge in [0, 0.05) is 12.2 Å². The van der Waals surface area contributed by atoms with Gasteiger partial charge in [0.1, 0.15) is 6.10 Å². The third kappa shape index (κ3) is 2.80. The summed E-state index contributed by atoms with van der Waals surface area (Å²) in [5.41, 5.74) is 2.38. The van der Waals surface area contributed by atoms with E-state index in [1.54, 1.807) is 12.1 Å².